The number of rotatable bonds is 4. The van der Waals surface area contributed by atoms with Crippen LogP contribution in [0.15, 0.2) is 42.5 Å². The summed E-state index contributed by atoms with van der Waals surface area (Å²) in [6, 6.07) is 15.4. The van der Waals surface area contributed by atoms with Crippen LogP contribution in [0.1, 0.15) is 35.2 Å². The summed E-state index contributed by atoms with van der Waals surface area (Å²) in [6.07, 6.45) is 0. The first-order valence-corrected chi connectivity index (χ1v) is 6.62. The maximum absolute atomic E-state index is 9.95. The van der Waals surface area contributed by atoms with Crippen molar-refractivity contribution < 1.29 is 5.11 Å². The molecule has 2 aromatic rings. The number of hydrogen-bond acceptors (Lipinski definition) is 3. The van der Waals surface area contributed by atoms with E-state index in [4.69, 9.17) is 5.26 Å². The van der Waals surface area contributed by atoms with Crippen molar-refractivity contribution in [1.82, 2.24) is 5.32 Å². The zero-order valence-corrected chi connectivity index (χ0v) is 11.7. The molecule has 0 heterocycles. The molecule has 1 unspecified atom stereocenters. The first-order valence-electron chi connectivity index (χ1n) is 6.62. The Hall–Kier alpha value is -2.31. The highest BCUT2D eigenvalue weighted by atomic mass is 16.3. The van der Waals surface area contributed by atoms with Crippen LogP contribution in [-0.2, 0) is 6.54 Å². The van der Waals surface area contributed by atoms with E-state index < -0.39 is 0 Å². The molecule has 2 rings (SSSR count). The molecule has 0 spiro atoms. The van der Waals surface area contributed by atoms with E-state index in [2.05, 4.69) is 11.4 Å². The Morgan fingerprint density at radius 2 is 1.90 bits per heavy atom. The molecule has 0 saturated carbocycles. The van der Waals surface area contributed by atoms with Gasteiger partial charge in [0.1, 0.15) is 5.75 Å². The number of phenolic OH excluding ortho intramolecular Hbond substituents is 1. The second-order valence-electron chi connectivity index (χ2n) is 4.97. The lowest BCUT2D eigenvalue weighted by atomic mass is 10.0. The van der Waals surface area contributed by atoms with E-state index >= 15 is 0 Å². The van der Waals surface area contributed by atoms with Gasteiger partial charge in [-0.15, -0.1) is 0 Å². The van der Waals surface area contributed by atoms with Gasteiger partial charge in [-0.05, 0) is 43.2 Å². The van der Waals surface area contributed by atoms with Crippen molar-refractivity contribution in [3.8, 4) is 11.8 Å². The molecule has 0 aliphatic heterocycles. The molecular weight excluding hydrogens is 248 g/mol. The standard InChI is InChI=1S/C17H18N2O/c1-12-3-8-16(17(20)9-12)13(2)19-11-15-6-4-14(10-18)5-7-15/h3-9,13,19-20H,11H2,1-2H3. The number of hydrogen-bond donors (Lipinski definition) is 2. The second kappa shape index (κ2) is 6.23. The Bertz CT molecular complexity index is 626. The molecule has 0 bridgehead atoms. The highest BCUT2D eigenvalue weighted by Gasteiger charge is 2.09. The minimum atomic E-state index is 0.0613. The van der Waals surface area contributed by atoms with Gasteiger partial charge in [0, 0.05) is 18.2 Å². The van der Waals surface area contributed by atoms with Crippen LogP contribution in [0.25, 0.3) is 0 Å². The minimum Gasteiger partial charge on any atom is -0.508 e. The summed E-state index contributed by atoms with van der Waals surface area (Å²) >= 11 is 0. The maximum atomic E-state index is 9.95. The van der Waals surface area contributed by atoms with Gasteiger partial charge in [0.2, 0.25) is 0 Å². The lowest BCUT2D eigenvalue weighted by Gasteiger charge is -2.16. The van der Waals surface area contributed by atoms with Crippen molar-refractivity contribution in [3.63, 3.8) is 0 Å². The summed E-state index contributed by atoms with van der Waals surface area (Å²) in [5, 5.41) is 22.1. The summed E-state index contributed by atoms with van der Waals surface area (Å²) in [6.45, 7) is 4.67. The Balaban J connectivity index is 2.01. The average molecular weight is 266 g/mol. The molecule has 0 fully saturated rings. The molecule has 0 aliphatic rings. The van der Waals surface area contributed by atoms with Crippen molar-refractivity contribution in [2.75, 3.05) is 0 Å². The number of nitriles is 1. The Kier molecular flexibility index (Phi) is 4.39. The van der Waals surface area contributed by atoms with Crippen molar-refractivity contribution in [2.24, 2.45) is 0 Å². The van der Waals surface area contributed by atoms with Crippen LogP contribution in [0.3, 0.4) is 0 Å². The van der Waals surface area contributed by atoms with Gasteiger partial charge in [0.25, 0.3) is 0 Å². The molecule has 0 aromatic heterocycles. The molecule has 2 N–H and O–H groups in total. The molecule has 20 heavy (non-hydrogen) atoms. The molecular formula is C17H18N2O. The molecule has 0 aliphatic carbocycles. The Morgan fingerprint density at radius 1 is 1.20 bits per heavy atom. The van der Waals surface area contributed by atoms with E-state index in [1.54, 1.807) is 6.07 Å². The van der Waals surface area contributed by atoms with E-state index in [1.165, 1.54) is 0 Å². The van der Waals surface area contributed by atoms with Crippen molar-refractivity contribution >= 4 is 0 Å². The summed E-state index contributed by atoms with van der Waals surface area (Å²) in [4.78, 5) is 0. The highest BCUT2D eigenvalue weighted by Crippen LogP contribution is 2.25. The summed E-state index contributed by atoms with van der Waals surface area (Å²) in [7, 11) is 0. The first-order chi connectivity index (χ1) is 9.60. The van der Waals surface area contributed by atoms with E-state index in [9.17, 15) is 5.11 Å². The average Bonchev–Trinajstić information content (AvgIpc) is 2.45. The van der Waals surface area contributed by atoms with Gasteiger partial charge < -0.3 is 10.4 Å². The molecule has 2 aromatic carbocycles. The van der Waals surface area contributed by atoms with Crippen LogP contribution in [0.5, 0.6) is 5.75 Å². The molecule has 3 nitrogen and oxygen atoms in total. The summed E-state index contributed by atoms with van der Waals surface area (Å²) in [5.74, 6) is 0.324. The zero-order chi connectivity index (χ0) is 14.5. The minimum absolute atomic E-state index is 0.0613. The number of benzene rings is 2. The quantitative estimate of drug-likeness (QED) is 0.891. The van der Waals surface area contributed by atoms with Gasteiger partial charge >= 0.3 is 0 Å². The number of aryl methyl sites for hydroxylation is 1. The van der Waals surface area contributed by atoms with Crippen molar-refractivity contribution in [1.29, 1.82) is 5.26 Å². The maximum Gasteiger partial charge on any atom is 0.120 e. The number of phenols is 1. The predicted octanol–water partition coefficient (Wildman–Crippen LogP) is 3.42. The molecule has 3 heteroatoms. The Labute approximate surface area is 119 Å². The van der Waals surface area contributed by atoms with Gasteiger partial charge in [-0.25, -0.2) is 0 Å². The molecule has 0 amide bonds. The third kappa shape index (κ3) is 3.37. The van der Waals surface area contributed by atoms with Gasteiger partial charge in [-0.2, -0.15) is 5.26 Å². The van der Waals surface area contributed by atoms with Crippen LogP contribution >= 0.6 is 0 Å². The monoisotopic (exact) mass is 266 g/mol. The largest absolute Gasteiger partial charge is 0.508 e. The summed E-state index contributed by atoms with van der Waals surface area (Å²) in [5.41, 5.74) is 3.72. The molecule has 0 saturated heterocycles. The number of nitrogens with zero attached hydrogens (tertiary/aromatic N) is 1. The van der Waals surface area contributed by atoms with E-state index in [1.807, 2.05) is 50.2 Å². The van der Waals surface area contributed by atoms with E-state index in [-0.39, 0.29) is 6.04 Å². The lowest BCUT2D eigenvalue weighted by Crippen LogP contribution is -2.18. The van der Waals surface area contributed by atoms with E-state index in [0.29, 0.717) is 17.9 Å². The molecule has 102 valence electrons. The van der Waals surface area contributed by atoms with Gasteiger partial charge in [0.15, 0.2) is 0 Å². The third-order valence-corrected chi connectivity index (χ3v) is 3.35. The second-order valence-corrected chi connectivity index (χ2v) is 4.97. The van der Waals surface area contributed by atoms with E-state index in [0.717, 1.165) is 16.7 Å². The van der Waals surface area contributed by atoms with Gasteiger partial charge in [-0.3, -0.25) is 0 Å². The lowest BCUT2D eigenvalue weighted by molar-refractivity contribution is 0.452. The molecule has 0 radical (unpaired) electrons. The first kappa shape index (κ1) is 14.1. The smallest absolute Gasteiger partial charge is 0.120 e. The number of nitrogens with one attached hydrogen (secondary N) is 1. The van der Waals surface area contributed by atoms with Crippen LogP contribution < -0.4 is 5.32 Å². The highest BCUT2D eigenvalue weighted by molar-refractivity contribution is 5.38. The normalized spacial score (nSPS) is 11.8. The van der Waals surface area contributed by atoms with Gasteiger partial charge in [-0.1, -0.05) is 24.3 Å². The fraction of sp³-hybridized carbons (Fsp3) is 0.235. The van der Waals surface area contributed by atoms with Gasteiger partial charge in [0.05, 0.1) is 11.6 Å². The Morgan fingerprint density at radius 3 is 2.50 bits per heavy atom. The third-order valence-electron chi connectivity index (χ3n) is 3.35. The molecule has 1 atom stereocenters. The zero-order valence-electron chi connectivity index (χ0n) is 11.7. The van der Waals surface area contributed by atoms with Crippen molar-refractivity contribution in [2.45, 2.75) is 26.4 Å². The predicted molar refractivity (Wildman–Crippen MR) is 79.3 cm³/mol. The van der Waals surface area contributed by atoms with Crippen LogP contribution in [0.4, 0.5) is 0 Å². The van der Waals surface area contributed by atoms with Crippen LogP contribution in [-0.4, -0.2) is 5.11 Å². The van der Waals surface area contributed by atoms with Crippen molar-refractivity contribution in [3.05, 3.63) is 64.7 Å². The van der Waals surface area contributed by atoms with Crippen LogP contribution in [0, 0.1) is 18.3 Å². The fourth-order valence-corrected chi connectivity index (χ4v) is 2.10. The topological polar surface area (TPSA) is 56.0 Å². The fourth-order valence-electron chi connectivity index (χ4n) is 2.10. The SMILES string of the molecule is Cc1ccc(C(C)NCc2ccc(C#N)cc2)c(O)c1. The van der Waals surface area contributed by atoms with Crippen LogP contribution in [0.2, 0.25) is 0 Å². The number of aromatic hydroxyl groups is 1. The summed E-state index contributed by atoms with van der Waals surface area (Å²) < 4.78 is 0.